The number of benzene rings is 2. The third-order valence-electron chi connectivity index (χ3n) is 6.39. The quantitative estimate of drug-likeness (QED) is 0.626. The predicted octanol–water partition coefficient (Wildman–Crippen LogP) is 5.11. The molecule has 0 saturated carbocycles. The van der Waals surface area contributed by atoms with Crippen LogP contribution in [-0.4, -0.2) is 41.4 Å². The van der Waals surface area contributed by atoms with E-state index in [1.165, 1.54) is 18.2 Å². The fraction of sp³-hybridized carbons (Fsp3) is 0.417. The highest BCUT2D eigenvalue weighted by Gasteiger charge is 2.40. The van der Waals surface area contributed by atoms with Crippen LogP contribution in [0.4, 0.5) is 18.9 Å². The molecule has 2 N–H and O–H groups in total. The number of nitrogens with one attached hydrogen (secondary N) is 2. The summed E-state index contributed by atoms with van der Waals surface area (Å²) in [6.45, 7) is 0.232. The van der Waals surface area contributed by atoms with Crippen molar-refractivity contribution in [3.63, 3.8) is 0 Å². The van der Waals surface area contributed by atoms with Crippen LogP contribution >= 0.6 is 11.6 Å². The molecule has 0 aliphatic carbocycles. The van der Waals surface area contributed by atoms with Crippen molar-refractivity contribution in [1.29, 1.82) is 0 Å². The van der Waals surface area contributed by atoms with Crippen molar-refractivity contribution in [2.45, 2.75) is 56.4 Å². The van der Waals surface area contributed by atoms with Gasteiger partial charge in [-0.2, -0.15) is 13.2 Å². The molecular formula is C24H25ClF3N3O2. The van der Waals surface area contributed by atoms with Crippen molar-refractivity contribution < 1.29 is 22.8 Å². The Bertz CT molecular complexity index is 999. The van der Waals surface area contributed by atoms with E-state index >= 15 is 0 Å². The van der Waals surface area contributed by atoms with Crippen LogP contribution in [0.3, 0.4) is 0 Å². The molecular weight excluding hydrogens is 455 g/mol. The van der Waals surface area contributed by atoms with E-state index in [-0.39, 0.29) is 36.1 Å². The molecule has 4 rings (SSSR count). The van der Waals surface area contributed by atoms with E-state index in [2.05, 4.69) is 15.5 Å². The van der Waals surface area contributed by atoms with Crippen molar-refractivity contribution in [2.24, 2.45) is 0 Å². The molecule has 2 aromatic carbocycles. The van der Waals surface area contributed by atoms with Crippen LogP contribution < -0.4 is 10.6 Å². The van der Waals surface area contributed by atoms with Gasteiger partial charge in [-0.25, -0.2) is 0 Å². The Morgan fingerprint density at radius 3 is 2.27 bits per heavy atom. The molecule has 176 valence electrons. The zero-order valence-corrected chi connectivity index (χ0v) is 18.6. The molecule has 0 radical (unpaired) electrons. The highest BCUT2D eigenvalue weighted by molar-refractivity contribution is 6.30. The van der Waals surface area contributed by atoms with Gasteiger partial charge in [-0.1, -0.05) is 30.2 Å². The molecule has 2 unspecified atom stereocenters. The van der Waals surface area contributed by atoms with Gasteiger partial charge in [0.25, 0.3) is 5.91 Å². The number of piperidine rings is 2. The van der Waals surface area contributed by atoms with E-state index in [0.29, 0.717) is 23.6 Å². The molecule has 0 aromatic heterocycles. The normalized spacial score (nSPS) is 23.1. The maximum atomic E-state index is 13.3. The molecule has 2 bridgehead atoms. The minimum Gasteiger partial charge on any atom is -0.349 e. The number of hydrogen-bond acceptors (Lipinski definition) is 3. The van der Waals surface area contributed by atoms with Gasteiger partial charge in [0.1, 0.15) is 0 Å². The number of nitrogens with zero attached hydrogens (tertiary/aromatic N) is 1. The van der Waals surface area contributed by atoms with Gasteiger partial charge in [0.2, 0.25) is 5.91 Å². The molecule has 33 heavy (non-hydrogen) atoms. The summed E-state index contributed by atoms with van der Waals surface area (Å²) < 4.78 is 39.9. The summed E-state index contributed by atoms with van der Waals surface area (Å²) in [5.74, 6) is -0.837. The van der Waals surface area contributed by atoms with E-state index < -0.39 is 17.6 Å². The van der Waals surface area contributed by atoms with Crippen LogP contribution in [-0.2, 0) is 11.0 Å². The zero-order chi connectivity index (χ0) is 23.6. The molecule has 2 amide bonds. The Balaban J connectivity index is 1.39. The number of carbonyl (C=O) groups excluding carboxylic acids is 2. The lowest BCUT2D eigenvalue weighted by molar-refractivity contribution is -0.138. The minimum atomic E-state index is -4.59. The van der Waals surface area contributed by atoms with E-state index in [4.69, 9.17) is 11.6 Å². The number of carbonyl (C=O) groups is 2. The Kier molecular flexibility index (Phi) is 6.95. The lowest BCUT2D eigenvalue weighted by Gasteiger charge is -2.48. The molecule has 2 aliphatic heterocycles. The summed E-state index contributed by atoms with van der Waals surface area (Å²) in [5.41, 5.74) is -0.626. The molecule has 2 aliphatic rings. The lowest BCUT2D eigenvalue weighted by atomic mass is 9.81. The van der Waals surface area contributed by atoms with Gasteiger partial charge < -0.3 is 10.6 Å². The average Bonchev–Trinajstić information content (AvgIpc) is 2.75. The SMILES string of the molecule is O=C(CN1C2CCCC1CC(NC(=O)c1ccccc1C(F)(F)F)C2)Nc1ccc(Cl)cc1. The summed E-state index contributed by atoms with van der Waals surface area (Å²) in [4.78, 5) is 27.5. The van der Waals surface area contributed by atoms with Crippen LogP contribution in [0.5, 0.6) is 0 Å². The van der Waals surface area contributed by atoms with Gasteiger partial charge >= 0.3 is 6.18 Å². The van der Waals surface area contributed by atoms with E-state index in [1.54, 1.807) is 24.3 Å². The number of amides is 2. The summed E-state index contributed by atoms with van der Waals surface area (Å²) in [6, 6.07) is 11.7. The molecule has 2 saturated heterocycles. The van der Waals surface area contributed by atoms with Crippen molar-refractivity contribution >= 4 is 29.1 Å². The van der Waals surface area contributed by atoms with E-state index in [9.17, 15) is 22.8 Å². The van der Waals surface area contributed by atoms with Gasteiger partial charge in [0.05, 0.1) is 17.7 Å². The van der Waals surface area contributed by atoms with Crippen LogP contribution in [0.1, 0.15) is 48.0 Å². The van der Waals surface area contributed by atoms with Crippen molar-refractivity contribution in [2.75, 3.05) is 11.9 Å². The molecule has 9 heteroatoms. The Morgan fingerprint density at radius 1 is 1.00 bits per heavy atom. The second-order valence-electron chi connectivity index (χ2n) is 8.65. The highest BCUT2D eigenvalue weighted by atomic mass is 35.5. The van der Waals surface area contributed by atoms with E-state index in [1.807, 2.05) is 0 Å². The average molecular weight is 480 g/mol. The fourth-order valence-electron chi connectivity index (χ4n) is 4.95. The molecule has 0 spiro atoms. The first-order valence-electron chi connectivity index (χ1n) is 11.0. The zero-order valence-electron chi connectivity index (χ0n) is 17.9. The van der Waals surface area contributed by atoms with Gasteiger partial charge in [-0.15, -0.1) is 0 Å². The third-order valence-corrected chi connectivity index (χ3v) is 6.64. The smallest absolute Gasteiger partial charge is 0.349 e. The second kappa shape index (κ2) is 9.73. The van der Waals surface area contributed by atoms with Gasteiger partial charge in [0.15, 0.2) is 0 Å². The Morgan fingerprint density at radius 2 is 1.64 bits per heavy atom. The number of hydrogen-bond donors (Lipinski definition) is 2. The number of rotatable bonds is 5. The number of anilines is 1. The first-order chi connectivity index (χ1) is 15.7. The monoisotopic (exact) mass is 479 g/mol. The molecule has 2 fully saturated rings. The molecule has 5 nitrogen and oxygen atoms in total. The topological polar surface area (TPSA) is 61.4 Å². The van der Waals surface area contributed by atoms with Crippen LogP contribution in [0, 0.1) is 0 Å². The number of alkyl halides is 3. The van der Waals surface area contributed by atoms with Crippen molar-refractivity contribution in [3.05, 3.63) is 64.7 Å². The van der Waals surface area contributed by atoms with Gasteiger partial charge in [-0.3, -0.25) is 14.5 Å². The number of fused-ring (bicyclic) bond motifs is 2. The first kappa shape index (κ1) is 23.6. The highest BCUT2D eigenvalue weighted by Crippen LogP contribution is 2.35. The van der Waals surface area contributed by atoms with Crippen LogP contribution in [0.2, 0.25) is 5.02 Å². The Labute approximate surface area is 195 Å². The summed E-state index contributed by atoms with van der Waals surface area (Å²) in [6.07, 6.45) is -0.588. The minimum absolute atomic E-state index is 0.0941. The van der Waals surface area contributed by atoms with Gasteiger partial charge in [-0.05, 0) is 62.1 Å². The summed E-state index contributed by atoms with van der Waals surface area (Å²) in [7, 11) is 0. The Hall–Kier alpha value is -2.58. The maximum absolute atomic E-state index is 13.3. The predicted molar refractivity (Wildman–Crippen MR) is 120 cm³/mol. The standard InChI is InChI=1S/C24H25ClF3N3O2/c25-15-8-10-16(11-9-15)29-22(32)14-31-18-4-3-5-19(31)13-17(12-18)30-23(33)20-6-1-2-7-21(20)24(26,27)28/h1-2,6-11,17-19H,3-5,12-14H2,(H,29,32)(H,30,33). The van der Waals surface area contributed by atoms with Crippen molar-refractivity contribution in [3.8, 4) is 0 Å². The summed E-state index contributed by atoms with van der Waals surface area (Å²) >= 11 is 5.88. The summed E-state index contributed by atoms with van der Waals surface area (Å²) in [5, 5.41) is 6.28. The van der Waals surface area contributed by atoms with Crippen LogP contribution in [0.15, 0.2) is 48.5 Å². The molecule has 2 heterocycles. The largest absolute Gasteiger partial charge is 0.417 e. The first-order valence-corrected chi connectivity index (χ1v) is 11.4. The second-order valence-corrected chi connectivity index (χ2v) is 9.09. The maximum Gasteiger partial charge on any atom is 0.417 e. The van der Waals surface area contributed by atoms with E-state index in [0.717, 1.165) is 25.3 Å². The third kappa shape index (κ3) is 5.68. The van der Waals surface area contributed by atoms with Gasteiger partial charge in [0, 0.05) is 28.8 Å². The van der Waals surface area contributed by atoms with Crippen molar-refractivity contribution in [1.82, 2.24) is 10.2 Å². The molecule has 2 atom stereocenters. The number of halogens is 4. The van der Waals surface area contributed by atoms with Crippen LogP contribution in [0.25, 0.3) is 0 Å². The fourth-order valence-corrected chi connectivity index (χ4v) is 5.07. The lowest BCUT2D eigenvalue weighted by Crippen LogP contribution is -2.58. The molecule has 2 aromatic rings.